The van der Waals surface area contributed by atoms with E-state index in [1.165, 1.54) is 30.6 Å². The maximum absolute atomic E-state index is 4.61. The molecule has 1 aliphatic carbocycles. The first kappa shape index (κ1) is 15.4. The van der Waals surface area contributed by atoms with E-state index in [4.69, 9.17) is 0 Å². The minimum atomic E-state index is 0.250. The molecule has 124 valence electrons. The van der Waals surface area contributed by atoms with E-state index >= 15 is 0 Å². The summed E-state index contributed by atoms with van der Waals surface area (Å²) < 4.78 is 2.04. The van der Waals surface area contributed by atoms with Gasteiger partial charge in [-0.1, -0.05) is 31.0 Å². The summed E-state index contributed by atoms with van der Waals surface area (Å²) in [4.78, 5) is 1.35. The predicted octanol–water partition coefficient (Wildman–Crippen LogP) is 3.95. The topological polar surface area (TPSA) is 55.1 Å². The third kappa shape index (κ3) is 3.11. The van der Waals surface area contributed by atoms with E-state index in [9.17, 15) is 0 Å². The number of nitrogens with one attached hydrogen (secondary N) is 1. The van der Waals surface area contributed by atoms with Crippen LogP contribution >= 0.6 is 11.8 Å². The number of aryl methyl sites for hydroxylation is 1. The van der Waals surface area contributed by atoms with Crippen molar-refractivity contribution in [2.45, 2.75) is 42.2 Å². The van der Waals surface area contributed by atoms with E-state index in [0.717, 1.165) is 23.8 Å². The first-order chi connectivity index (χ1) is 11.7. The van der Waals surface area contributed by atoms with Gasteiger partial charge < -0.3 is 5.32 Å². The van der Waals surface area contributed by atoms with Gasteiger partial charge in [-0.3, -0.25) is 0 Å². The molecule has 1 aromatic carbocycles. The van der Waals surface area contributed by atoms with Crippen LogP contribution in [-0.2, 0) is 0 Å². The number of nitrogens with zero attached hydrogens (tertiary/aromatic N) is 4. The predicted molar refractivity (Wildman–Crippen MR) is 97.5 cm³/mol. The molecule has 0 amide bonds. The van der Waals surface area contributed by atoms with Crippen molar-refractivity contribution in [1.82, 2.24) is 19.8 Å². The summed E-state index contributed by atoms with van der Waals surface area (Å²) in [6.07, 6.45) is 5.10. The van der Waals surface area contributed by atoms with Gasteiger partial charge in [0.2, 0.25) is 0 Å². The van der Waals surface area contributed by atoms with Crippen LogP contribution in [0.1, 0.15) is 31.5 Å². The summed E-state index contributed by atoms with van der Waals surface area (Å²) in [6.45, 7) is 2.84. The summed E-state index contributed by atoms with van der Waals surface area (Å²) in [5.41, 5.74) is 0.785. The van der Waals surface area contributed by atoms with Gasteiger partial charge in [-0.25, -0.2) is 0 Å². The minimum absolute atomic E-state index is 0.250. The lowest BCUT2D eigenvalue weighted by molar-refractivity contribution is 0.635. The lowest BCUT2D eigenvalue weighted by Crippen LogP contribution is -2.30. The van der Waals surface area contributed by atoms with Crippen molar-refractivity contribution >= 4 is 23.2 Å². The number of hydrogen-bond donors (Lipinski definition) is 1. The van der Waals surface area contributed by atoms with Crippen molar-refractivity contribution < 1.29 is 0 Å². The Morgan fingerprint density at radius 1 is 1.08 bits per heavy atom. The van der Waals surface area contributed by atoms with Crippen molar-refractivity contribution in [3.63, 3.8) is 0 Å². The van der Waals surface area contributed by atoms with Gasteiger partial charge in [-0.2, -0.15) is 4.52 Å². The van der Waals surface area contributed by atoms with Crippen LogP contribution < -0.4 is 5.32 Å². The fourth-order valence-electron chi connectivity index (χ4n) is 3.31. The second-order valence-corrected chi connectivity index (χ2v) is 7.94. The van der Waals surface area contributed by atoms with Crippen LogP contribution in [0.3, 0.4) is 0 Å². The number of fused-ring (bicyclic) bond motifs is 1. The van der Waals surface area contributed by atoms with E-state index in [0.29, 0.717) is 0 Å². The third-order valence-corrected chi connectivity index (χ3v) is 6.10. The first-order valence-electron chi connectivity index (χ1n) is 8.41. The van der Waals surface area contributed by atoms with Crippen LogP contribution in [0.25, 0.3) is 5.65 Å². The molecule has 3 aromatic rings. The SMILES string of the molecule is Cc1nnc2ccc(NCC3(Sc4ccccc4)CCCC3)nn12. The van der Waals surface area contributed by atoms with Gasteiger partial charge in [0.25, 0.3) is 0 Å². The molecular formula is C18H21N5S. The molecule has 0 spiro atoms. The monoisotopic (exact) mass is 339 g/mol. The van der Waals surface area contributed by atoms with Gasteiger partial charge in [0.15, 0.2) is 11.5 Å². The molecule has 1 N–H and O–H groups in total. The molecule has 0 unspecified atom stereocenters. The molecule has 5 nitrogen and oxygen atoms in total. The van der Waals surface area contributed by atoms with E-state index in [-0.39, 0.29) is 4.75 Å². The standard InChI is InChI=1S/C18H21N5S/c1-14-20-21-17-10-9-16(22-23(14)17)19-13-18(11-5-6-12-18)24-15-7-3-2-4-8-15/h2-4,7-10H,5-6,11-13H2,1H3,(H,19,22). The molecule has 4 rings (SSSR count). The van der Waals surface area contributed by atoms with Gasteiger partial charge in [0, 0.05) is 16.2 Å². The molecular weight excluding hydrogens is 318 g/mol. The molecule has 0 radical (unpaired) electrons. The van der Waals surface area contributed by atoms with Crippen LogP contribution in [0, 0.1) is 6.92 Å². The highest BCUT2D eigenvalue weighted by Gasteiger charge is 2.34. The molecule has 2 heterocycles. The van der Waals surface area contributed by atoms with Crippen LogP contribution in [0.5, 0.6) is 0 Å². The number of aromatic nitrogens is 4. The maximum atomic E-state index is 4.61. The number of benzene rings is 1. The summed E-state index contributed by atoms with van der Waals surface area (Å²) in [6, 6.07) is 14.7. The molecule has 1 aliphatic rings. The largest absolute Gasteiger partial charge is 0.367 e. The average Bonchev–Trinajstić information content (AvgIpc) is 3.22. The second-order valence-electron chi connectivity index (χ2n) is 6.39. The number of thioether (sulfide) groups is 1. The summed E-state index contributed by atoms with van der Waals surface area (Å²) in [5, 5.41) is 16.3. The lowest BCUT2D eigenvalue weighted by Gasteiger charge is -2.29. The van der Waals surface area contributed by atoms with Crippen molar-refractivity contribution in [3.05, 3.63) is 48.3 Å². The highest BCUT2D eigenvalue weighted by Crippen LogP contribution is 2.45. The lowest BCUT2D eigenvalue weighted by atomic mass is 10.1. The molecule has 0 bridgehead atoms. The Bertz CT molecular complexity index is 824. The average molecular weight is 339 g/mol. The molecule has 1 fully saturated rings. The highest BCUT2D eigenvalue weighted by molar-refractivity contribution is 8.00. The Morgan fingerprint density at radius 2 is 1.88 bits per heavy atom. The zero-order valence-corrected chi connectivity index (χ0v) is 14.6. The summed E-state index contributed by atoms with van der Waals surface area (Å²) in [5.74, 6) is 1.69. The highest BCUT2D eigenvalue weighted by atomic mass is 32.2. The summed E-state index contributed by atoms with van der Waals surface area (Å²) >= 11 is 2.00. The normalized spacial score (nSPS) is 16.5. The molecule has 24 heavy (non-hydrogen) atoms. The van der Waals surface area contributed by atoms with Gasteiger partial charge in [-0.05, 0) is 44.0 Å². The number of anilines is 1. The van der Waals surface area contributed by atoms with E-state index in [1.54, 1.807) is 4.52 Å². The smallest absolute Gasteiger partial charge is 0.178 e. The molecule has 1 saturated carbocycles. The Hall–Kier alpha value is -2.08. The Labute approximate surface area is 145 Å². The zero-order valence-electron chi connectivity index (χ0n) is 13.8. The van der Waals surface area contributed by atoms with Crippen LogP contribution in [0.4, 0.5) is 5.82 Å². The molecule has 0 atom stereocenters. The van der Waals surface area contributed by atoms with Crippen molar-refractivity contribution in [2.24, 2.45) is 0 Å². The Morgan fingerprint density at radius 3 is 2.67 bits per heavy atom. The van der Waals surface area contributed by atoms with Crippen LogP contribution in [0.2, 0.25) is 0 Å². The van der Waals surface area contributed by atoms with E-state index in [2.05, 4.69) is 50.9 Å². The molecule has 0 saturated heterocycles. The maximum Gasteiger partial charge on any atom is 0.178 e. The Kier molecular flexibility index (Phi) is 4.14. The van der Waals surface area contributed by atoms with Crippen molar-refractivity contribution in [3.8, 4) is 0 Å². The number of rotatable bonds is 5. The fourth-order valence-corrected chi connectivity index (χ4v) is 4.75. The zero-order chi connectivity index (χ0) is 16.4. The summed E-state index contributed by atoms with van der Waals surface area (Å²) in [7, 11) is 0. The van der Waals surface area contributed by atoms with Gasteiger partial charge in [-0.15, -0.1) is 27.1 Å². The van der Waals surface area contributed by atoms with E-state index < -0.39 is 0 Å². The van der Waals surface area contributed by atoms with E-state index in [1.807, 2.05) is 30.8 Å². The second kappa shape index (κ2) is 6.43. The van der Waals surface area contributed by atoms with Crippen LogP contribution in [0.15, 0.2) is 47.4 Å². The fraction of sp³-hybridized carbons (Fsp3) is 0.389. The molecule has 6 heteroatoms. The molecule has 0 aliphatic heterocycles. The minimum Gasteiger partial charge on any atom is -0.367 e. The molecule has 2 aromatic heterocycles. The van der Waals surface area contributed by atoms with Gasteiger partial charge in [0.05, 0.1) is 0 Å². The Balaban J connectivity index is 1.51. The van der Waals surface area contributed by atoms with Gasteiger partial charge in [0.1, 0.15) is 5.82 Å². The number of hydrogen-bond acceptors (Lipinski definition) is 5. The van der Waals surface area contributed by atoms with Crippen molar-refractivity contribution in [2.75, 3.05) is 11.9 Å². The first-order valence-corrected chi connectivity index (χ1v) is 9.23. The van der Waals surface area contributed by atoms with Crippen molar-refractivity contribution in [1.29, 1.82) is 0 Å². The third-order valence-electron chi connectivity index (χ3n) is 4.60. The van der Waals surface area contributed by atoms with Gasteiger partial charge >= 0.3 is 0 Å². The quantitative estimate of drug-likeness (QED) is 0.763. The van der Waals surface area contributed by atoms with Crippen LogP contribution in [-0.4, -0.2) is 31.1 Å².